The minimum absolute atomic E-state index is 0. The molecule has 0 aromatic carbocycles. The first-order chi connectivity index (χ1) is 3.00. The molecule has 33 valence electrons. The van der Waals surface area contributed by atoms with Crippen molar-refractivity contribution in [2.75, 3.05) is 0 Å². The molecule has 0 aliphatic carbocycles. The zero-order chi connectivity index (χ0) is 4.24. The van der Waals surface area contributed by atoms with Crippen molar-refractivity contribution in [1.29, 1.82) is 0 Å². The Morgan fingerprint density at radius 1 is 0.857 bits per heavy atom. The zero-order valence-electron chi connectivity index (χ0n) is 3.78. The van der Waals surface area contributed by atoms with E-state index in [2.05, 4.69) is 10.2 Å². The molecule has 1 aromatic heterocycles. The first-order valence-electron chi connectivity index (χ1n) is 1.72. The van der Waals surface area contributed by atoms with Gasteiger partial charge in [-0.2, -0.15) is 10.2 Å². The number of hydrogen-bond donors (Lipinski definition) is 0. The first kappa shape index (κ1) is 7.18. The van der Waals surface area contributed by atoms with Gasteiger partial charge in [0.05, 0.1) is 0 Å². The third kappa shape index (κ3) is 2.83. The van der Waals surface area contributed by atoms with E-state index < -0.39 is 0 Å². The predicted molar refractivity (Wildman–Crippen MR) is 22.0 cm³/mol. The maximum absolute atomic E-state index is 3.53. The molecule has 2 nitrogen and oxygen atoms in total. The Hall–Kier alpha value is 0.184. The van der Waals surface area contributed by atoms with Gasteiger partial charge in [-0.1, -0.05) is 0 Å². The SMILES string of the molecule is [Y].c1ccnnc1. The second-order valence-corrected chi connectivity index (χ2v) is 0.914. The van der Waals surface area contributed by atoms with Crippen LogP contribution < -0.4 is 0 Å². The third-order valence-electron chi connectivity index (χ3n) is 0.483. The quantitative estimate of drug-likeness (QED) is 0.564. The molecule has 1 rings (SSSR count). The van der Waals surface area contributed by atoms with Crippen LogP contribution in [0, 0.1) is 0 Å². The smallest absolute Gasteiger partial charge is 0.0496 e. The average Bonchev–Trinajstić information content (AvgIpc) is 1.72. The molecule has 1 heterocycles. The molecule has 0 aliphatic heterocycles. The van der Waals surface area contributed by atoms with Crippen LogP contribution in [0.25, 0.3) is 0 Å². The van der Waals surface area contributed by atoms with E-state index >= 15 is 0 Å². The van der Waals surface area contributed by atoms with E-state index in [1.54, 1.807) is 12.4 Å². The molecular formula is C4H4N2Y. The summed E-state index contributed by atoms with van der Waals surface area (Å²) >= 11 is 0. The standard InChI is InChI=1S/C4H4N2.Y/c1-2-4-6-5-3-1;/h1-4H;. The van der Waals surface area contributed by atoms with Gasteiger partial charge in [-0.15, -0.1) is 0 Å². The number of hydrogen-bond acceptors (Lipinski definition) is 2. The molecule has 0 spiro atoms. The molecule has 1 aromatic rings. The van der Waals surface area contributed by atoms with E-state index in [1.165, 1.54) is 0 Å². The van der Waals surface area contributed by atoms with E-state index in [1.807, 2.05) is 12.1 Å². The molecular weight excluding hydrogens is 165 g/mol. The van der Waals surface area contributed by atoms with Gasteiger partial charge in [0.2, 0.25) is 0 Å². The maximum atomic E-state index is 3.53. The Kier molecular flexibility index (Phi) is 4.46. The van der Waals surface area contributed by atoms with Crippen LogP contribution >= 0.6 is 0 Å². The van der Waals surface area contributed by atoms with Gasteiger partial charge in [-0.3, -0.25) is 0 Å². The van der Waals surface area contributed by atoms with Crippen LogP contribution in [0.3, 0.4) is 0 Å². The van der Waals surface area contributed by atoms with Gasteiger partial charge < -0.3 is 0 Å². The molecule has 0 unspecified atom stereocenters. The molecule has 0 atom stereocenters. The molecule has 0 amide bonds. The Bertz CT molecular complexity index is 81.6. The zero-order valence-corrected chi connectivity index (χ0v) is 6.62. The van der Waals surface area contributed by atoms with Crippen LogP contribution in [0.1, 0.15) is 0 Å². The molecule has 0 saturated carbocycles. The Labute approximate surface area is 67.2 Å². The van der Waals surface area contributed by atoms with Crippen molar-refractivity contribution in [3.63, 3.8) is 0 Å². The Morgan fingerprint density at radius 3 is 1.43 bits per heavy atom. The molecule has 0 N–H and O–H groups in total. The second kappa shape index (κ2) is 4.35. The minimum Gasteiger partial charge on any atom is -0.159 e. The van der Waals surface area contributed by atoms with E-state index in [4.69, 9.17) is 0 Å². The maximum Gasteiger partial charge on any atom is 0.0496 e. The summed E-state index contributed by atoms with van der Waals surface area (Å²) in [6, 6.07) is 3.65. The van der Waals surface area contributed by atoms with E-state index in [-0.39, 0.29) is 32.7 Å². The minimum atomic E-state index is 0. The van der Waals surface area contributed by atoms with Crippen molar-refractivity contribution in [3.8, 4) is 0 Å². The normalized spacial score (nSPS) is 6.86. The molecule has 0 aliphatic rings. The van der Waals surface area contributed by atoms with Crippen molar-refractivity contribution in [3.05, 3.63) is 24.5 Å². The van der Waals surface area contributed by atoms with Crippen LogP contribution in [0.15, 0.2) is 24.5 Å². The van der Waals surface area contributed by atoms with Crippen LogP contribution in [-0.4, -0.2) is 10.2 Å². The number of rotatable bonds is 0. The van der Waals surface area contributed by atoms with E-state index in [9.17, 15) is 0 Å². The largest absolute Gasteiger partial charge is 0.159 e. The Morgan fingerprint density at radius 2 is 1.29 bits per heavy atom. The van der Waals surface area contributed by atoms with Gasteiger partial charge in [0.1, 0.15) is 0 Å². The van der Waals surface area contributed by atoms with Gasteiger partial charge in [0.25, 0.3) is 0 Å². The summed E-state index contributed by atoms with van der Waals surface area (Å²) in [5, 5.41) is 7.07. The molecule has 3 heteroatoms. The van der Waals surface area contributed by atoms with Gasteiger partial charge in [-0.25, -0.2) is 0 Å². The topological polar surface area (TPSA) is 25.8 Å². The van der Waals surface area contributed by atoms with Gasteiger partial charge in [-0.05, 0) is 12.1 Å². The molecule has 0 bridgehead atoms. The van der Waals surface area contributed by atoms with Crippen LogP contribution in [0.4, 0.5) is 0 Å². The second-order valence-electron chi connectivity index (χ2n) is 0.914. The summed E-state index contributed by atoms with van der Waals surface area (Å²) in [5.41, 5.74) is 0. The summed E-state index contributed by atoms with van der Waals surface area (Å²) in [7, 11) is 0. The monoisotopic (exact) mass is 169 g/mol. The Balaban J connectivity index is 0.000000360. The van der Waals surface area contributed by atoms with Crippen molar-refractivity contribution < 1.29 is 32.7 Å². The molecule has 0 fully saturated rings. The molecule has 7 heavy (non-hydrogen) atoms. The van der Waals surface area contributed by atoms with Crippen molar-refractivity contribution in [1.82, 2.24) is 10.2 Å². The van der Waals surface area contributed by atoms with Gasteiger partial charge in [0, 0.05) is 45.1 Å². The van der Waals surface area contributed by atoms with Crippen molar-refractivity contribution >= 4 is 0 Å². The van der Waals surface area contributed by atoms with Crippen molar-refractivity contribution in [2.24, 2.45) is 0 Å². The predicted octanol–water partition coefficient (Wildman–Crippen LogP) is 0.474. The summed E-state index contributed by atoms with van der Waals surface area (Å²) < 4.78 is 0. The van der Waals surface area contributed by atoms with Crippen molar-refractivity contribution in [2.45, 2.75) is 0 Å². The van der Waals surface area contributed by atoms with Gasteiger partial charge >= 0.3 is 0 Å². The van der Waals surface area contributed by atoms with Crippen LogP contribution in [0.2, 0.25) is 0 Å². The fraction of sp³-hybridized carbons (Fsp3) is 0. The van der Waals surface area contributed by atoms with Crippen LogP contribution in [0.5, 0.6) is 0 Å². The van der Waals surface area contributed by atoms with E-state index in [0.717, 1.165) is 0 Å². The first-order valence-corrected chi connectivity index (χ1v) is 1.72. The summed E-state index contributed by atoms with van der Waals surface area (Å²) in [4.78, 5) is 0. The molecule has 0 saturated heterocycles. The third-order valence-corrected chi connectivity index (χ3v) is 0.483. The summed E-state index contributed by atoms with van der Waals surface area (Å²) in [5.74, 6) is 0. The fourth-order valence-electron chi connectivity index (χ4n) is 0.253. The molecule has 1 radical (unpaired) electrons. The fourth-order valence-corrected chi connectivity index (χ4v) is 0.253. The summed E-state index contributed by atoms with van der Waals surface area (Å²) in [6.07, 6.45) is 3.28. The number of nitrogens with zero attached hydrogens (tertiary/aromatic N) is 2. The van der Waals surface area contributed by atoms with Gasteiger partial charge in [0.15, 0.2) is 0 Å². The number of aromatic nitrogens is 2. The average molecular weight is 169 g/mol. The summed E-state index contributed by atoms with van der Waals surface area (Å²) in [6.45, 7) is 0. The van der Waals surface area contributed by atoms with Crippen LogP contribution in [-0.2, 0) is 32.7 Å². The van der Waals surface area contributed by atoms with E-state index in [0.29, 0.717) is 0 Å².